The molecule has 0 amide bonds. The van der Waals surface area contributed by atoms with Crippen LogP contribution < -0.4 is 5.32 Å². The average molecular weight is 284 g/mol. The van der Waals surface area contributed by atoms with E-state index >= 15 is 0 Å². The van der Waals surface area contributed by atoms with Crippen molar-refractivity contribution >= 4 is 15.7 Å². The van der Waals surface area contributed by atoms with E-state index in [1.165, 1.54) is 18.4 Å². The number of sulfonamides is 1. The molecule has 1 aromatic rings. The van der Waals surface area contributed by atoms with Gasteiger partial charge in [-0.15, -0.1) is 0 Å². The van der Waals surface area contributed by atoms with E-state index in [1.54, 1.807) is 24.3 Å². The van der Waals surface area contributed by atoms with E-state index in [0.717, 1.165) is 25.1 Å². The third-order valence-electron chi connectivity index (χ3n) is 3.16. The predicted octanol–water partition coefficient (Wildman–Crippen LogP) is 1.53. The van der Waals surface area contributed by atoms with E-state index in [2.05, 4.69) is 5.32 Å². The van der Waals surface area contributed by atoms with Gasteiger partial charge < -0.3 is 10.1 Å². The molecule has 1 saturated heterocycles. The van der Waals surface area contributed by atoms with Crippen LogP contribution in [0, 0.1) is 0 Å². The number of hydrogen-bond acceptors (Lipinski definition) is 4. The van der Waals surface area contributed by atoms with Crippen LogP contribution in [0.15, 0.2) is 29.2 Å². The number of nitrogens with zero attached hydrogens (tertiary/aromatic N) is 1. The van der Waals surface area contributed by atoms with Crippen LogP contribution in [0.1, 0.15) is 12.8 Å². The lowest BCUT2D eigenvalue weighted by atomic mass is 10.1. The SMILES string of the molecule is CN(C)S(=O)(=O)c1ccc(NC2CCCOC2)cc1. The molecule has 0 saturated carbocycles. The molecule has 0 radical (unpaired) electrons. The summed E-state index contributed by atoms with van der Waals surface area (Å²) in [5.74, 6) is 0. The molecule has 1 atom stereocenters. The Kier molecular flexibility index (Phi) is 4.44. The Bertz CT molecular complexity index is 505. The van der Waals surface area contributed by atoms with Crippen LogP contribution in [-0.4, -0.2) is 46.1 Å². The van der Waals surface area contributed by atoms with Crippen molar-refractivity contribution in [2.24, 2.45) is 0 Å². The molecule has 1 aliphatic rings. The molecule has 19 heavy (non-hydrogen) atoms. The molecule has 106 valence electrons. The largest absolute Gasteiger partial charge is 0.380 e. The maximum atomic E-state index is 11.9. The smallest absolute Gasteiger partial charge is 0.242 e. The summed E-state index contributed by atoms with van der Waals surface area (Å²) in [7, 11) is -0.289. The average Bonchev–Trinajstić information content (AvgIpc) is 2.40. The number of hydrogen-bond donors (Lipinski definition) is 1. The van der Waals surface area contributed by atoms with Crippen LogP contribution in [0.5, 0.6) is 0 Å². The highest BCUT2D eigenvalue weighted by Gasteiger charge is 2.17. The van der Waals surface area contributed by atoms with Gasteiger partial charge in [0.05, 0.1) is 11.5 Å². The van der Waals surface area contributed by atoms with Crippen molar-refractivity contribution in [1.82, 2.24) is 4.31 Å². The van der Waals surface area contributed by atoms with Crippen molar-refractivity contribution in [2.75, 3.05) is 32.6 Å². The highest BCUT2D eigenvalue weighted by molar-refractivity contribution is 7.89. The highest BCUT2D eigenvalue weighted by Crippen LogP contribution is 2.18. The normalized spacial score (nSPS) is 20.5. The molecule has 0 aromatic heterocycles. The standard InChI is InChI=1S/C13H20N2O3S/c1-15(2)19(16,17)13-7-5-11(6-8-13)14-12-4-3-9-18-10-12/h5-8,12,14H,3-4,9-10H2,1-2H3. The van der Waals surface area contributed by atoms with E-state index in [1.807, 2.05) is 0 Å². The number of rotatable bonds is 4. The zero-order valence-corrected chi connectivity index (χ0v) is 12.1. The number of nitrogens with one attached hydrogen (secondary N) is 1. The van der Waals surface area contributed by atoms with Crippen LogP contribution >= 0.6 is 0 Å². The summed E-state index contributed by atoms with van der Waals surface area (Å²) in [6.45, 7) is 1.54. The Morgan fingerprint density at radius 2 is 1.95 bits per heavy atom. The highest BCUT2D eigenvalue weighted by atomic mass is 32.2. The quantitative estimate of drug-likeness (QED) is 0.911. The lowest BCUT2D eigenvalue weighted by Crippen LogP contribution is -2.29. The fourth-order valence-corrected chi connectivity index (χ4v) is 2.93. The minimum absolute atomic E-state index is 0.308. The van der Waals surface area contributed by atoms with Gasteiger partial charge in [-0.2, -0.15) is 0 Å². The predicted molar refractivity (Wildman–Crippen MR) is 74.8 cm³/mol. The summed E-state index contributed by atoms with van der Waals surface area (Å²) >= 11 is 0. The molecule has 1 unspecified atom stereocenters. The minimum atomic E-state index is -3.35. The van der Waals surface area contributed by atoms with E-state index in [9.17, 15) is 8.42 Å². The topological polar surface area (TPSA) is 58.6 Å². The summed E-state index contributed by atoms with van der Waals surface area (Å²) in [6, 6.07) is 7.16. The van der Waals surface area contributed by atoms with Crippen LogP contribution in [0.2, 0.25) is 0 Å². The zero-order valence-electron chi connectivity index (χ0n) is 11.3. The zero-order chi connectivity index (χ0) is 13.9. The number of ether oxygens (including phenoxy) is 1. The Labute approximate surface area is 114 Å². The van der Waals surface area contributed by atoms with Crippen LogP contribution in [0.25, 0.3) is 0 Å². The Hall–Kier alpha value is -1.11. The molecule has 0 aliphatic carbocycles. The van der Waals surface area contributed by atoms with Gasteiger partial charge in [-0.1, -0.05) is 0 Å². The van der Waals surface area contributed by atoms with Gasteiger partial charge in [-0.05, 0) is 37.1 Å². The summed E-state index contributed by atoms with van der Waals surface area (Å²) in [5.41, 5.74) is 0.924. The van der Waals surface area contributed by atoms with Gasteiger partial charge >= 0.3 is 0 Å². The first-order chi connectivity index (χ1) is 9.00. The van der Waals surface area contributed by atoms with E-state index in [0.29, 0.717) is 17.5 Å². The van der Waals surface area contributed by atoms with Crippen molar-refractivity contribution in [2.45, 2.75) is 23.8 Å². The summed E-state index contributed by atoms with van der Waals surface area (Å²) in [4.78, 5) is 0.308. The van der Waals surface area contributed by atoms with E-state index in [-0.39, 0.29) is 0 Å². The van der Waals surface area contributed by atoms with Crippen molar-refractivity contribution in [3.05, 3.63) is 24.3 Å². The summed E-state index contributed by atoms with van der Waals surface area (Å²) in [5, 5.41) is 3.36. The fraction of sp³-hybridized carbons (Fsp3) is 0.538. The van der Waals surface area contributed by atoms with E-state index < -0.39 is 10.0 Å². The van der Waals surface area contributed by atoms with Gasteiger partial charge in [0.15, 0.2) is 0 Å². The molecule has 0 spiro atoms. The van der Waals surface area contributed by atoms with Crippen LogP contribution in [0.3, 0.4) is 0 Å². The Morgan fingerprint density at radius 1 is 1.26 bits per heavy atom. The molecule has 0 bridgehead atoms. The lowest BCUT2D eigenvalue weighted by Gasteiger charge is -2.24. The second kappa shape index (κ2) is 5.90. The molecule has 2 rings (SSSR count). The van der Waals surface area contributed by atoms with Crippen molar-refractivity contribution in [3.8, 4) is 0 Å². The van der Waals surface area contributed by atoms with E-state index in [4.69, 9.17) is 4.74 Å². The molecule has 1 heterocycles. The van der Waals surface area contributed by atoms with Gasteiger partial charge in [0.2, 0.25) is 10.0 Å². The van der Waals surface area contributed by atoms with Gasteiger partial charge in [0, 0.05) is 32.4 Å². The van der Waals surface area contributed by atoms with Gasteiger partial charge in [-0.25, -0.2) is 12.7 Å². The molecular formula is C13H20N2O3S. The molecule has 1 aliphatic heterocycles. The second-order valence-corrected chi connectivity index (χ2v) is 7.02. The Balaban J connectivity index is 2.06. The number of anilines is 1. The fourth-order valence-electron chi connectivity index (χ4n) is 2.02. The maximum absolute atomic E-state index is 11.9. The third kappa shape index (κ3) is 3.46. The minimum Gasteiger partial charge on any atom is -0.380 e. The molecule has 5 nitrogen and oxygen atoms in total. The first kappa shape index (κ1) is 14.3. The monoisotopic (exact) mass is 284 g/mol. The van der Waals surface area contributed by atoms with Crippen molar-refractivity contribution in [3.63, 3.8) is 0 Å². The summed E-state index contributed by atoms with van der Waals surface area (Å²) < 4.78 is 30.4. The van der Waals surface area contributed by atoms with Crippen molar-refractivity contribution < 1.29 is 13.2 Å². The van der Waals surface area contributed by atoms with Crippen molar-refractivity contribution in [1.29, 1.82) is 0 Å². The van der Waals surface area contributed by atoms with Gasteiger partial charge in [-0.3, -0.25) is 0 Å². The molecule has 1 N–H and O–H groups in total. The maximum Gasteiger partial charge on any atom is 0.242 e. The Morgan fingerprint density at radius 3 is 2.47 bits per heavy atom. The van der Waals surface area contributed by atoms with Crippen LogP contribution in [-0.2, 0) is 14.8 Å². The lowest BCUT2D eigenvalue weighted by molar-refractivity contribution is 0.0876. The number of benzene rings is 1. The molecule has 1 fully saturated rings. The molecular weight excluding hydrogens is 264 g/mol. The van der Waals surface area contributed by atoms with Gasteiger partial charge in [0.1, 0.15) is 0 Å². The summed E-state index contributed by atoms with van der Waals surface area (Å²) in [6.07, 6.45) is 2.14. The first-order valence-electron chi connectivity index (χ1n) is 6.37. The molecule has 6 heteroatoms. The first-order valence-corrected chi connectivity index (χ1v) is 7.81. The van der Waals surface area contributed by atoms with Gasteiger partial charge in [0.25, 0.3) is 0 Å². The van der Waals surface area contributed by atoms with Crippen LogP contribution in [0.4, 0.5) is 5.69 Å². The second-order valence-electron chi connectivity index (χ2n) is 4.87. The third-order valence-corrected chi connectivity index (χ3v) is 4.99. The molecule has 1 aromatic carbocycles.